The third-order valence-electron chi connectivity index (χ3n) is 7.44. The second kappa shape index (κ2) is 13.5. The highest BCUT2D eigenvalue weighted by atomic mass is 32.2. The van der Waals surface area contributed by atoms with Gasteiger partial charge in [-0.25, -0.2) is 17.6 Å². The number of ether oxygens (including phenoxy) is 1. The lowest BCUT2D eigenvalue weighted by atomic mass is 10.0. The highest BCUT2D eigenvalue weighted by Gasteiger charge is 2.33. The Hall–Kier alpha value is -4.00. The highest BCUT2D eigenvalue weighted by molar-refractivity contribution is 7.89. The molecule has 0 spiro atoms. The Kier molecular flexibility index (Phi) is 10.0. The first-order chi connectivity index (χ1) is 20.4. The SMILES string of the molecule is Cc1ccc(S(=O)(=O)N(C)C[C@H]2Oc3ccc(NC(=O)Nc4ccc(F)cc4)cc3CC(=O)N([C@H](C)CO)C[C@@H]2C)cc1. The van der Waals surface area contributed by atoms with Gasteiger partial charge in [-0.2, -0.15) is 4.31 Å². The number of hydrogen-bond donors (Lipinski definition) is 3. The zero-order valence-electron chi connectivity index (χ0n) is 24.6. The molecule has 0 saturated carbocycles. The molecule has 3 aromatic rings. The fourth-order valence-corrected chi connectivity index (χ4v) is 5.98. The summed E-state index contributed by atoms with van der Waals surface area (Å²) in [6.07, 6.45) is -0.713. The first-order valence-electron chi connectivity index (χ1n) is 13.9. The molecule has 4 rings (SSSR count). The number of hydrogen-bond acceptors (Lipinski definition) is 6. The molecule has 0 aromatic heterocycles. The Morgan fingerprint density at radius 1 is 1.09 bits per heavy atom. The van der Waals surface area contributed by atoms with Crippen molar-refractivity contribution in [2.75, 3.05) is 37.4 Å². The quantitative estimate of drug-likeness (QED) is 0.349. The Labute approximate surface area is 251 Å². The van der Waals surface area contributed by atoms with Gasteiger partial charge in [0, 0.05) is 36.4 Å². The fraction of sp³-hybridized carbons (Fsp3) is 0.355. The summed E-state index contributed by atoms with van der Waals surface area (Å²) in [7, 11) is -2.33. The van der Waals surface area contributed by atoms with Crippen LogP contribution in [-0.2, 0) is 21.2 Å². The summed E-state index contributed by atoms with van der Waals surface area (Å²) >= 11 is 0. The molecule has 0 aliphatic carbocycles. The number of sulfonamides is 1. The molecule has 230 valence electrons. The van der Waals surface area contributed by atoms with Gasteiger partial charge in [-0.1, -0.05) is 24.6 Å². The summed E-state index contributed by atoms with van der Waals surface area (Å²) in [5.41, 5.74) is 2.22. The van der Waals surface area contributed by atoms with Crippen molar-refractivity contribution < 1.29 is 32.2 Å². The van der Waals surface area contributed by atoms with E-state index in [-0.39, 0.29) is 42.8 Å². The van der Waals surface area contributed by atoms with E-state index in [0.717, 1.165) is 5.56 Å². The van der Waals surface area contributed by atoms with Crippen LogP contribution in [-0.4, -0.2) is 73.6 Å². The average Bonchev–Trinajstić information content (AvgIpc) is 3.01. The predicted molar refractivity (Wildman–Crippen MR) is 162 cm³/mol. The van der Waals surface area contributed by atoms with Crippen molar-refractivity contribution in [1.29, 1.82) is 0 Å². The van der Waals surface area contributed by atoms with Gasteiger partial charge in [0.25, 0.3) is 0 Å². The maximum absolute atomic E-state index is 13.5. The smallest absolute Gasteiger partial charge is 0.323 e. The number of nitrogens with one attached hydrogen (secondary N) is 2. The van der Waals surface area contributed by atoms with E-state index < -0.39 is 34.0 Å². The molecule has 3 amide bonds. The van der Waals surface area contributed by atoms with Crippen molar-refractivity contribution in [3.05, 3.63) is 83.7 Å². The molecule has 0 fully saturated rings. The second-order valence-corrected chi connectivity index (χ2v) is 12.9. The zero-order valence-corrected chi connectivity index (χ0v) is 25.4. The van der Waals surface area contributed by atoms with Gasteiger partial charge in [-0.05, 0) is 68.4 Å². The molecule has 1 aliphatic heterocycles. The van der Waals surface area contributed by atoms with E-state index >= 15 is 0 Å². The first kappa shape index (κ1) is 31.9. The lowest BCUT2D eigenvalue weighted by molar-refractivity contribution is -0.134. The molecular weight excluding hydrogens is 575 g/mol. The van der Waals surface area contributed by atoms with Crippen molar-refractivity contribution in [3.8, 4) is 5.75 Å². The number of aliphatic hydroxyl groups excluding tert-OH is 1. The molecule has 0 unspecified atom stereocenters. The molecule has 3 aromatic carbocycles. The van der Waals surface area contributed by atoms with E-state index in [1.54, 1.807) is 54.3 Å². The number of amides is 3. The number of rotatable bonds is 8. The van der Waals surface area contributed by atoms with Crippen molar-refractivity contribution >= 4 is 33.3 Å². The van der Waals surface area contributed by atoms with E-state index in [1.165, 1.54) is 35.6 Å². The highest BCUT2D eigenvalue weighted by Crippen LogP contribution is 2.30. The summed E-state index contributed by atoms with van der Waals surface area (Å²) < 4.78 is 47.6. The number of carbonyl (C=O) groups excluding carboxylic acids is 2. The standard InChI is InChI=1S/C31H37FN4O6S/c1-20-5-12-27(13-6-20)43(40,41)35(4)18-29-21(2)17-36(22(3)19-37)30(38)16-23-15-26(11-14-28(23)42-29)34-31(39)33-25-9-7-24(32)8-10-25/h5-15,21-22,29,37H,16-19H2,1-4H3,(H2,33,34,39)/t21-,22+,29+/m0/s1. The van der Waals surface area contributed by atoms with E-state index in [2.05, 4.69) is 10.6 Å². The monoisotopic (exact) mass is 612 g/mol. The summed E-state index contributed by atoms with van der Waals surface area (Å²) in [4.78, 5) is 27.8. The van der Waals surface area contributed by atoms with Crippen LogP contribution in [0.1, 0.15) is 25.0 Å². The van der Waals surface area contributed by atoms with Gasteiger partial charge < -0.3 is 25.4 Å². The van der Waals surface area contributed by atoms with E-state index in [0.29, 0.717) is 22.7 Å². The normalized spacial score (nSPS) is 18.1. The number of likely N-dealkylation sites (N-methyl/N-ethyl adjacent to an activating group) is 1. The Morgan fingerprint density at radius 2 is 1.72 bits per heavy atom. The van der Waals surface area contributed by atoms with Crippen LogP contribution >= 0.6 is 0 Å². The Balaban J connectivity index is 1.61. The number of fused-ring (bicyclic) bond motifs is 1. The van der Waals surface area contributed by atoms with Crippen LogP contribution in [0.2, 0.25) is 0 Å². The molecule has 1 heterocycles. The lowest BCUT2D eigenvalue weighted by Gasteiger charge is -2.33. The van der Waals surface area contributed by atoms with Gasteiger partial charge in [0.2, 0.25) is 15.9 Å². The summed E-state index contributed by atoms with van der Waals surface area (Å²) in [6.45, 7) is 5.50. The van der Waals surface area contributed by atoms with E-state index in [1.807, 2.05) is 13.8 Å². The summed E-state index contributed by atoms with van der Waals surface area (Å²) in [5, 5.41) is 15.2. The van der Waals surface area contributed by atoms with Crippen molar-refractivity contribution in [3.63, 3.8) is 0 Å². The molecule has 10 nitrogen and oxygen atoms in total. The van der Waals surface area contributed by atoms with Crippen molar-refractivity contribution in [2.24, 2.45) is 5.92 Å². The molecule has 0 saturated heterocycles. The first-order valence-corrected chi connectivity index (χ1v) is 15.4. The minimum Gasteiger partial charge on any atom is -0.488 e. The topological polar surface area (TPSA) is 128 Å². The van der Waals surface area contributed by atoms with E-state index in [4.69, 9.17) is 4.74 Å². The number of carbonyl (C=O) groups is 2. The number of benzene rings is 3. The molecule has 1 aliphatic rings. The largest absolute Gasteiger partial charge is 0.488 e. The minimum atomic E-state index is -3.82. The minimum absolute atomic E-state index is 0.00638. The maximum Gasteiger partial charge on any atom is 0.323 e. The predicted octanol–water partition coefficient (Wildman–Crippen LogP) is 4.25. The number of aryl methyl sites for hydroxylation is 1. The van der Waals surface area contributed by atoms with Crippen LogP contribution in [0.25, 0.3) is 0 Å². The molecule has 3 atom stereocenters. The number of anilines is 2. The fourth-order valence-electron chi connectivity index (χ4n) is 4.79. The van der Waals surface area contributed by atoms with Crippen molar-refractivity contribution in [2.45, 2.75) is 44.2 Å². The van der Waals surface area contributed by atoms with Gasteiger partial charge in [0.05, 0.1) is 30.5 Å². The van der Waals surface area contributed by atoms with Gasteiger partial charge in [0.15, 0.2) is 0 Å². The van der Waals surface area contributed by atoms with Gasteiger partial charge in [-0.3, -0.25) is 4.79 Å². The van der Waals surface area contributed by atoms with Gasteiger partial charge >= 0.3 is 6.03 Å². The van der Waals surface area contributed by atoms with Crippen LogP contribution in [0.4, 0.5) is 20.6 Å². The summed E-state index contributed by atoms with van der Waals surface area (Å²) in [6, 6.07) is 15.8. The Bertz CT molecular complexity index is 1550. The Morgan fingerprint density at radius 3 is 2.37 bits per heavy atom. The molecule has 0 bridgehead atoms. The second-order valence-electron chi connectivity index (χ2n) is 10.9. The van der Waals surface area contributed by atoms with Crippen LogP contribution in [0.3, 0.4) is 0 Å². The number of halogens is 1. The van der Waals surface area contributed by atoms with Crippen LogP contribution < -0.4 is 15.4 Å². The van der Waals surface area contributed by atoms with Crippen LogP contribution in [0, 0.1) is 18.7 Å². The summed E-state index contributed by atoms with van der Waals surface area (Å²) in [5.74, 6) is -0.593. The number of aliphatic hydroxyl groups is 1. The maximum atomic E-state index is 13.5. The lowest BCUT2D eigenvalue weighted by Crippen LogP contribution is -2.48. The molecule has 43 heavy (non-hydrogen) atoms. The van der Waals surface area contributed by atoms with Gasteiger partial charge in [-0.15, -0.1) is 0 Å². The van der Waals surface area contributed by atoms with Crippen LogP contribution in [0.5, 0.6) is 5.75 Å². The third kappa shape index (κ3) is 7.89. The number of nitrogens with zero attached hydrogens (tertiary/aromatic N) is 2. The van der Waals surface area contributed by atoms with Crippen molar-refractivity contribution in [1.82, 2.24) is 9.21 Å². The van der Waals surface area contributed by atoms with Gasteiger partial charge in [0.1, 0.15) is 17.7 Å². The third-order valence-corrected chi connectivity index (χ3v) is 9.28. The zero-order chi connectivity index (χ0) is 31.3. The molecule has 12 heteroatoms. The average molecular weight is 613 g/mol. The molecule has 0 radical (unpaired) electrons. The number of urea groups is 1. The molecule has 3 N–H and O–H groups in total. The van der Waals surface area contributed by atoms with Crippen LogP contribution in [0.15, 0.2) is 71.6 Å². The molecular formula is C31H37FN4O6S. The van der Waals surface area contributed by atoms with E-state index in [9.17, 15) is 27.5 Å².